The van der Waals surface area contributed by atoms with Gasteiger partial charge in [-0.1, -0.05) is 30.7 Å². The molecule has 0 spiro atoms. The second kappa shape index (κ2) is 9.56. The van der Waals surface area contributed by atoms with E-state index in [0.29, 0.717) is 17.3 Å². The summed E-state index contributed by atoms with van der Waals surface area (Å²) in [5.41, 5.74) is -2.69. The summed E-state index contributed by atoms with van der Waals surface area (Å²) < 4.78 is 94.8. The highest BCUT2D eigenvalue weighted by molar-refractivity contribution is 6.00. The third-order valence-electron chi connectivity index (χ3n) is 6.56. The quantitative estimate of drug-likeness (QED) is 0.320. The van der Waals surface area contributed by atoms with E-state index >= 15 is 0 Å². The first-order chi connectivity index (χ1) is 16.4. The predicted molar refractivity (Wildman–Crippen MR) is 116 cm³/mol. The molecule has 2 aliphatic rings. The van der Waals surface area contributed by atoms with E-state index < -0.39 is 46.7 Å². The highest BCUT2D eigenvalue weighted by Crippen LogP contribution is 2.43. The Labute approximate surface area is 198 Å². The van der Waals surface area contributed by atoms with Gasteiger partial charge in [0.2, 0.25) is 5.91 Å². The van der Waals surface area contributed by atoms with Crippen LogP contribution in [0.25, 0.3) is 0 Å². The lowest BCUT2D eigenvalue weighted by atomic mass is 9.88. The van der Waals surface area contributed by atoms with Gasteiger partial charge in [0.25, 0.3) is 0 Å². The second-order valence-electron chi connectivity index (χ2n) is 8.89. The normalized spacial score (nSPS) is 19.2. The fraction of sp³-hybridized carbons (Fsp3) is 0.423. The number of alkyl halides is 6. The number of carbonyl (C=O) groups is 1. The largest absolute Gasteiger partial charge is 0.416 e. The average Bonchev–Trinajstić information content (AvgIpc) is 3.25. The van der Waals surface area contributed by atoms with E-state index in [-0.39, 0.29) is 31.4 Å². The Morgan fingerprint density at radius 3 is 2.29 bits per heavy atom. The lowest BCUT2D eigenvalue weighted by molar-refractivity contribution is -0.143. The Hall–Kier alpha value is -3.02. The fourth-order valence-corrected chi connectivity index (χ4v) is 4.82. The van der Waals surface area contributed by atoms with Crippen LogP contribution in [0.5, 0.6) is 0 Å². The summed E-state index contributed by atoms with van der Waals surface area (Å²) in [6.45, 7) is -0.105. The summed E-state index contributed by atoms with van der Waals surface area (Å²) >= 11 is 0. The minimum atomic E-state index is -5.10. The van der Waals surface area contributed by atoms with Crippen molar-refractivity contribution in [3.63, 3.8) is 0 Å². The van der Waals surface area contributed by atoms with Crippen LogP contribution in [0.4, 0.5) is 36.4 Å². The van der Waals surface area contributed by atoms with Gasteiger partial charge >= 0.3 is 12.4 Å². The van der Waals surface area contributed by atoms with Crippen molar-refractivity contribution in [2.45, 2.75) is 56.8 Å². The Bertz CT molecular complexity index is 1170. The molecule has 1 fully saturated rings. The van der Waals surface area contributed by atoms with Gasteiger partial charge in [0.15, 0.2) is 0 Å². The van der Waals surface area contributed by atoms with Crippen molar-refractivity contribution in [2.75, 3.05) is 11.4 Å². The van der Waals surface area contributed by atoms with Crippen LogP contribution in [-0.4, -0.2) is 12.5 Å². The number of rotatable bonds is 2. The van der Waals surface area contributed by atoms with Crippen LogP contribution in [0.3, 0.4) is 0 Å². The SMILES string of the molecule is O=C1C(c2ccc(C(F)(F)F)cc2C(F)(F)F)CCc2cc(F)ccc2N1CC#CC1CCCC1. The van der Waals surface area contributed by atoms with Crippen LogP contribution in [0, 0.1) is 23.6 Å². The molecule has 35 heavy (non-hydrogen) atoms. The number of amides is 1. The van der Waals surface area contributed by atoms with E-state index in [2.05, 4.69) is 11.8 Å². The molecule has 0 aromatic heterocycles. The first kappa shape index (κ1) is 25.1. The Balaban J connectivity index is 1.76. The number of carbonyl (C=O) groups excluding carboxylic acids is 1. The molecule has 1 aliphatic carbocycles. The van der Waals surface area contributed by atoms with Crippen LogP contribution in [0.15, 0.2) is 36.4 Å². The minimum Gasteiger partial charge on any atom is -0.300 e. The molecule has 0 saturated heterocycles. The number of hydrogen-bond donors (Lipinski definition) is 0. The van der Waals surface area contributed by atoms with Crippen LogP contribution < -0.4 is 4.90 Å². The maximum Gasteiger partial charge on any atom is 0.416 e. The number of benzene rings is 2. The van der Waals surface area contributed by atoms with Gasteiger partial charge in [0.1, 0.15) is 5.82 Å². The van der Waals surface area contributed by atoms with Crippen LogP contribution >= 0.6 is 0 Å². The molecule has 1 aliphatic heterocycles. The lowest BCUT2D eigenvalue weighted by Crippen LogP contribution is -2.35. The van der Waals surface area contributed by atoms with Gasteiger partial charge in [-0.15, -0.1) is 0 Å². The van der Waals surface area contributed by atoms with Gasteiger partial charge in [0, 0.05) is 11.6 Å². The molecule has 1 unspecified atom stereocenters. The summed E-state index contributed by atoms with van der Waals surface area (Å²) in [6, 6.07) is 5.10. The van der Waals surface area contributed by atoms with Crippen molar-refractivity contribution < 1.29 is 35.5 Å². The number of hydrogen-bond acceptors (Lipinski definition) is 1. The van der Waals surface area contributed by atoms with Gasteiger partial charge in [-0.3, -0.25) is 9.69 Å². The molecule has 186 valence electrons. The van der Waals surface area contributed by atoms with E-state index in [0.717, 1.165) is 37.8 Å². The zero-order valence-corrected chi connectivity index (χ0v) is 18.6. The molecule has 2 nitrogen and oxygen atoms in total. The average molecular weight is 497 g/mol. The molecule has 0 bridgehead atoms. The smallest absolute Gasteiger partial charge is 0.300 e. The molecule has 0 radical (unpaired) electrons. The number of anilines is 1. The highest BCUT2D eigenvalue weighted by atomic mass is 19.4. The van der Waals surface area contributed by atoms with Crippen LogP contribution in [0.1, 0.15) is 60.3 Å². The van der Waals surface area contributed by atoms with Crippen molar-refractivity contribution in [1.29, 1.82) is 0 Å². The van der Waals surface area contributed by atoms with E-state index in [1.807, 2.05) is 0 Å². The standard InChI is InChI=1S/C26H22F7NO/c27-19-9-12-23-17(14-19)7-10-21(24(35)34(23)13-3-6-16-4-1-2-5-16)20-11-8-18(25(28,29)30)15-22(20)26(31,32)33/h8-9,11-12,14-16,21H,1-2,4-5,7,10,13H2. The summed E-state index contributed by atoms with van der Waals surface area (Å²) in [6.07, 6.45) is -6.13. The number of fused-ring (bicyclic) bond motifs is 1. The summed E-state index contributed by atoms with van der Waals surface area (Å²) in [5, 5.41) is 0. The topological polar surface area (TPSA) is 20.3 Å². The van der Waals surface area contributed by atoms with Crippen molar-refractivity contribution in [1.82, 2.24) is 0 Å². The Morgan fingerprint density at radius 1 is 0.914 bits per heavy atom. The lowest BCUT2D eigenvalue weighted by Gasteiger charge is -2.26. The third-order valence-corrected chi connectivity index (χ3v) is 6.56. The molecule has 1 saturated carbocycles. The summed E-state index contributed by atoms with van der Waals surface area (Å²) in [5.74, 6) is 3.61. The molecule has 0 N–H and O–H groups in total. The van der Waals surface area contributed by atoms with Gasteiger partial charge in [-0.05, 0) is 67.1 Å². The van der Waals surface area contributed by atoms with Gasteiger partial charge in [-0.2, -0.15) is 26.3 Å². The van der Waals surface area contributed by atoms with Crippen molar-refractivity contribution in [3.05, 3.63) is 64.5 Å². The molecular formula is C26H22F7NO. The maximum absolute atomic E-state index is 13.9. The summed E-state index contributed by atoms with van der Waals surface area (Å²) in [4.78, 5) is 14.8. The maximum atomic E-state index is 13.9. The Kier molecular flexibility index (Phi) is 6.85. The predicted octanol–water partition coefficient (Wildman–Crippen LogP) is 7.12. The molecule has 9 heteroatoms. The zero-order valence-electron chi connectivity index (χ0n) is 18.6. The second-order valence-corrected chi connectivity index (χ2v) is 8.89. The summed E-state index contributed by atoms with van der Waals surface area (Å²) in [7, 11) is 0. The minimum absolute atomic E-state index is 0.0462. The van der Waals surface area contributed by atoms with Crippen LogP contribution in [-0.2, 0) is 23.6 Å². The molecule has 1 heterocycles. The first-order valence-electron chi connectivity index (χ1n) is 11.3. The molecular weight excluding hydrogens is 475 g/mol. The third kappa shape index (κ3) is 5.47. The van der Waals surface area contributed by atoms with Gasteiger partial charge in [0.05, 0.1) is 23.6 Å². The number of nitrogens with zero attached hydrogens (tertiary/aromatic N) is 1. The van der Waals surface area contributed by atoms with E-state index in [4.69, 9.17) is 0 Å². The molecule has 2 aromatic rings. The molecule has 1 amide bonds. The van der Waals surface area contributed by atoms with Gasteiger partial charge < -0.3 is 0 Å². The van der Waals surface area contributed by atoms with E-state index in [1.165, 1.54) is 17.0 Å². The molecule has 4 rings (SSSR count). The van der Waals surface area contributed by atoms with Gasteiger partial charge in [-0.25, -0.2) is 4.39 Å². The number of aryl methyl sites for hydroxylation is 1. The monoisotopic (exact) mass is 497 g/mol. The Morgan fingerprint density at radius 2 is 1.63 bits per heavy atom. The zero-order chi connectivity index (χ0) is 25.4. The number of halogens is 7. The van der Waals surface area contributed by atoms with Crippen LogP contribution in [0.2, 0.25) is 0 Å². The highest BCUT2D eigenvalue weighted by Gasteiger charge is 2.42. The first-order valence-corrected chi connectivity index (χ1v) is 11.3. The van der Waals surface area contributed by atoms with E-state index in [9.17, 15) is 35.5 Å². The van der Waals surface area contributed by atoms with Crippen molar-refractivity contribution >= 4 is 11.6 Å². The van der Waals surface area contributed by atoms with E-state index in [1.54, 1.807) is 0 Å². The fourth-order valence-electron chi connectivity index (χ4n) is 4.82. The van der Waals surface area contributed by atoms with Crippen molar-refractivity contribution in [3.8, 4) is 11.8 Å². The molecule has 2 aromatic carbocycles. The van der Waals surface area contributed by atoms with Crippen molar-refractivity contribution in [2.24, 2.45) is 5.92 Å². The molecule has 1 atom stereocenters.